The van der Waals surface area contributed by atoms with Gasteiger partial charge < -0.3 is 5.11 Å². The number of nitrogens with zero attached hydrogens (tertiary/aromatic N) is 5. The number of β-amino-alcohol motifs (C(OH)–C–C–N with tert-alkyl or cyclic N) is 1. The number of aliphatic hydroxyl groups excluding tert-OH is 1. The number of rotatable bonds is 8. The first-order chi connectivity index (χ1) is 23.9. The highest BCUT2D eigenvalue weighted by molar-refractivity contribution is 7.89. The molecule has 1 atom stereocenters. The van der Waals surface area contributed by atoms with Crippen molar-refractivity contribution in [3.63, 3.8) is 0 Å². The highest BCUT2D eigenvalue weighted by atomic mass is 32.2. The van der Waals surface area contributed by atoms with E-state index >= 15 is 0 Å². The van der Waals surface area contributed by atoms with Crippen molar-refractivity contribution in [2.24, 2.45) is 0 Å². The van der Waals surface area contributed by atoms with Crippen LogP contribution < -0.4 is 0 Å². The number of sulfonamides is 1. The standard InChI is InChI=1S/C40H35N5O3S/c1-29-37(28-45(42-29)40(32-11-5-2-6-12-32,33-13-7-3-8-14-33)34-15-9-4-10-16-34)31-19-22-39-41-25-38(44(39)26-31)30-17-20-36(21-18-30)49(47,48)43-24-23-35(46)27-43/h2-22,25-26,28,35,46H,23-24,27H2,1H3. The first-order valence-electron chi connectivity index (χ1n) is 16.3. The van der Waals surface area contributed by atoms with Crippen molar-refractivity contribution in [3.05, 3.63) is 168 Å². The van der Waals surface area contributed by atoms with Gasteiger partial charge in [0.05, 0.1) is 28.6 Å². The van der Waals surface area contributed by atoms with Gasteiger partial charge in [-0.25, -0.2) is 13.4 Å². The number of fused-ring (bicyclic) bond motifs is 1. The lowest BCUT2D eigenvalue weighted by atomic mass is 9.77. The fourth-order valence-corrected chi connectivity index (χ4v) is 8.57. The Morgan fingerprint density at radius 2 is 1.31 bits per heavy atom. The summed E-state index contributed by atoms with van der Waals surface area (Å²) in [7, 11) is -3.68. The SMILES string of the molecule is Cc1nn(C(c2ccccc2)(c2ccccc2)c2ccccc2)cc1-c1ccc2ncc(-c3ccc(S(=O)(=O)N4CCC(O)C4)cc3)n2c1. The van der Waals surface area contributed by atoms with E-state index in [4.69, 9.17) is 5.10 Å². The fraction of sp³-hybridized carbons (Fsp3) is 0.150. The van der Waals surface area contributed by atoms with Crippen molar-refractivity contribution in [3.8, 4) is 22.4 Å². The summed E-state index contributed by atoms with van der Waals surface area (Å²) in [4.78, 5) is 4.86. The number of aromatic nitrogens is 4. The molecular weight excluding hydrogens is 631 g/mol. The molecule has 0 aliphatic carbocycles. The van der Waals surface area contributed by atoms with Crippen LogP contribution in [0.25, 0.3) is 28.0 Å². The molecule has 0 saturated carbocycles. The van der Waals surface area contributed by atoms with Gasteiger partial charge in [-0.05, 0) is 54.3 Å². The van der Waals surface area contributed by atoms with Crippen molar-refractivity contribution in [2.45, 2.75) is 29.9 Å². The van der Waals surface area contributed by atoms with Gasteiger partial charge in [-0.2, -0.15) is 9.40 Å². The predicted octanol–water partition coefficient (Wildman–Crippen LogP) is 6.77. The minimum Gasteiger partial charge on any atom is -0.392 e. The number of imidazole rings is 1. The van der Waals surface area contributed by atoms with Crippen molar-refractivity contribution >= 4 is 15.7 Å². The van der Waals surface area contributed by atoms with E-state index in [0.29, 0.717) is 13.0 Å². The van der Waals surface area contributed by atoms with Crippen LogP contribution in [0.4, 0.5) is 0 Å². The van der Waals surface area contributed by atoms with Crippen molar-refractivity contribution in [1.82, 2.24) is 23.5 Å². The Kier molecular flexibility index (Phi) is 7.75. The molecule has 49 heavy (non-hydrogen) atoms. The Bertz CT molecular complexity index is 2260. The maximum Gasteiger partial charge on any atom is 0.243 e. The van der Waals surface area contributed by atoms with Gasteiger partial charge in [-0.1, -0.05) is 103 Å². The largest absolute Gasteiger partial charge is 0.392 e. The summed E-state index contributed by atoms with van der Waals surface area (Å²) in [5, 5.41) is 15.1. The quantitative estimate of drug-likeness (QED) is 0.181. The number of benzene rings is 4. The van der Waals surface area contributed by atoms with Crippen molar-refractivity contribution in [1.29, 1.82) is 0 Å². The van der Waals surface area contributed by atoms with Crippen molar-refractivity contribution in [2.75, 3.05) is 13.1 Å². The van der Waals surface area contributed by atoms with Crippen LogP contribution in [0.3, 0.4) is 0 Å². The van der Waals surface area contributed by atoms with E-state index in [1.807, 2.05) is 47.7 Å². The molecule has 0 bridgehead atoms. The van der Waals surface area contributed by atoms with E-state index in [1.165, 1.54) is 4.31 Å². The number of aryl methyl sites for hydroxylation is 1. The molecule has 8 nitrogen and oxygen atoms in total. The molecule has 244 valence electrons. The zero-order valence-corrected chi connectivity index (χ0v) is 27.8. The van der Waals surface area contributed by atoms with E-state index in [2.05, 4.69) is 101 Å². The molecule has 7 aromatic rings. The molecule has 1 saturated heterocycles. The third-order valence-electron chi connectivity index (χ3n) is 9.55. The average Bonchev–Trinajstić information content (AvgIpc) is 3.88. The topological polar surface area (TPSA) is 92.7 Å². The van der Waals surface area contributed by atoms with Gasteiger partial charge in [-0.15, -0.1) is 0 Å². The molecule has 8 rings (SSSR count). The second-order valence-electron chi connectivity index (χ2n) is 12.5. The molecule has 0 radical (unpaired) electrons. The smallest absolute Gasteiger partial charge is 0.243 e. The molecule has 1 aliphatic heterocycles. The molecular formula is C40H35N5O3S. The van der Waals surface area contributed by atoms with E-state index < -0.39 is 21.7 Å². The number of hydrogen-bond donors (Lipinski definition) is 1. The Labute approximate surface area is 285 Å². The third-order valence-corrected chi connectivity index (χ3v) is 11.4. The molecule has 0 amide bonds. The van der Waals surface area contributed by atoms with E-state index in [0.717, 1.165) is 50.4 Å². The fourth-order valence-electron chi connectivity index (χ4n) is 7.08. The van der Waals surface area contributed by atoms with Crippen LogP contribution in [0.5, 0.6) is 0 Å². The Morgan fingerprint density at radius 1 is 0.735 bits per heavy atom. The van der Waals surface area contributed by atoms with Gasteiger partial charge in [-0.3, -0.25) is 9.08 Å². The van der Waals surface area contributed by atoms with Crippen LogP contribution in [0.15, 0.2) is 151 Å². The molecule has 1 unspecified atom stereocenters. The first-order valence-corrected chi connectivity index (χ1v) is 17.8. The molecule has 1 fully saturated rings. The molecule has 4 aromatic carbocycles. The highest BCUT2D eigenvalue weighted by Crippen LogP contribution is 2.42. The zero-order chi connectivity index (χ0) is 33.6. The van der Waals surface area contributed by atoms with Crippen LogP contribution in [-0.4, -0.2) is 56.2 Å². The van der Waals surface area contributed by atoms with E-state index in [-0.39, 0.29) is 11.4 Å². The lowest BCUT2D eigenvalue weighted by Gasteiger charge is -2.36. The van der Waals surface area contributed by atoms with Gasteiger partial charge in [0, 0.05) is 42.2 Å². The second-order valence-corrected chi connectivity index (χ2v) is 14.4. The number of hydrogen-bond acceptors (Lipinski definition) is 5. The maximum atomic E-state index is 13.2. The summed E-state index contributed by atoms with van der Waals surface area (Å²) in [5.74, 6) is 0. The lowest BCUT2D eigenvalue weighted by Crippen LogP contribution is -2.38. The molecule has 4 heterocycles. The average molecular weight is 666 g/mol. The van der Waals surface area contributed by atoms with Crippen LogP contribution >= 0.6 is 0 Å². The van der Waals surface area contributed by atoms with Gasteiger partial charge in [0.15, 0.2) is 0 Å². The second kappa shape index (κ2) is 12.3. The zero-order valence-electron chi connectivity index (χ0n) is 27.0. The van der Waals surface area contributed by atoms with E-state index in [1.54, 1.807) is 18.3 Å². The van der Waals surface area contributed by atoms with Crippen LogP contribution in [-0.2, 0) is 15.6 Å². The van der Waals surface area contributed by atoms with E-state index in [9.17, 15) is 13.5 Å². The molecule has 9 heteroatoms. The lowest BCUT2D eigenvalue weighted by molar-refractivity contribution is 0.189. The highest BCUT2D eigenvalue weighted by Gasteiger charge is 2.40. The Balaban J connectivity index is 1.22. The Hall–Kier alpha value is -5.35. The summed E-state index contributed by atoms with van der Waals surface area (Å²) < 4.78 is 31.8. The summed E-state index contributed by atoms with van der Waals surface area (Å²) in [6.07, 6.45) is 5.84. The normalized spacial score (nSPS) is 15.6. The van der Waals surface area contributed by atoms with Gasteiger partial charge in [0.2, 0.25) is 10.0 Å². The monoisotopic (exact) mass is 665 g/mol. The predicted molar refractivity (Wildman–Crippen MR) is 191 cm³/mol. The number of pyridine rings is 1. The summed E-state index contributed by atoms with van der Waals surface area (Å²) >= 11 is 0. The van der Waals surface area contributed by atoms with Gasteiger partial charge >= 0.3 is 0 Å². The third kappa shape index (κ3) is 5.27. The minimum absolute atomic E-state index is 0.124. The van der Waals surface area contributed by atoms with Crippen LogP contribution in [0, 0.1) is 6.92 Å². The summed E-state index contributed by atoms with van der Waals surface area (Å²) in [5.41, 5.74) is 7.87. The van der Waals surface area contributed by atoms with Crippen LogP contribution in [0.1, 0.15) is 28.8 Å². The molecule has 1 aliphatic rings. The first kappa shape index (κ1) is 31.0. The van der Waals surface area contributed by atoms with Gasteiger partial charge in [0.1, 0.15) is 11.2 Å². The van der Waals surface area contributed by atoms with Crippen LogP contribution in [0.2, 0.25) is 0 Å². The summed E-state index contributed by atoms with van der Waals surface area (Å²) in [6.45, 7) is 2.48. The molecule has 3 aromatic heterocycles. The molecule has 1 N–H and O–H groups in total. The van der Waals surface area contributed by atoms with Gasteiger partial charge in [0.25, 0.3) is 0 Å². The number of aliphatic hydroxyl groups is 1. The maximum absolute atomic E-state index is 13.2. The Morgan fingerprint density at radius 3 is 1.86 bits per heavy atom. The minimum atomic E-state index is -3.68. The molecule has 0 spiro atoms. The summed E-state index contributed by atoms with van der Waals surface area (Å²) in [6, 6.07) is 42.4. The van der Waals surface area contributed by atoms with Crippen molar-refractivity contribution < 1.29 is 13.5 Å².